The summed E-state index contributed by atoms with van der Waals surface area (Å²) in [7, 11) is 4.92. The van der Waals surface area contributed by atoms with Crippen LogP contribution in [0.4, 0.5) is 5.69 Å². The predicted molar refractivity (Wildman–Crippen MR) is 134 cm³/mol. The van der Waals surface area contributed by atoms with Crippen LogP contribution in [0.3, 0.4) is 0 Å². The van der Waals surface area contributed by atoms with Crippen LogP contribution in [0, 0.1) is 10.1 Å². The summed E-state index contributed by atoms with van der Waals surface area (Å²) in [6.07, 6.45) is 0.565. The Balaban J connectivity index is 1.58. The van der Waals surface area contributed by atoms with Gasteiger partial charge in [-0.1, -0.05) is 30.3 Å². The first-order valence-electron chi connectivity index (χ1n) is 11.0. The van der Waals surface area contributed by atoms with Crippen molar-refractivity contribution in [2.24, 2.45) is 5.10 Å². The topological polar surface area (TPSA) is 97.5 Å². The molecule has 1 aromatic heterocycles. The van der Waals surface area contributed by atoms with Crippen molar-refractivity contribution in [2.75, 3.05) is 27.8 Å². The molecule has 0 spiro atoms. The number of methoxy groups -OCH3 is 2. The fraction of sp³-hybridized carbons (Fsp3) is 0.280. The lowest BCUT2D eigenvalue weighted by atomic mass is 10.0. The molecule has 1 atom stereocenters. The Hall–Kier alpha value is -3.76. The molecule has 9 nitrogen and oxygen atoms in total. The van der Waals surface area contributed by atoms with E-state index in [1.807, 2.05) is 35.7 Å². The molecule has 35 heavy (non-hydrogen) atoms. The predicted octanol–water partition coefficient (Wildman–Crippen LogP) is 4.48. The minimum Gasteiger partial charge on any atom is -0.493 e. The number of benzene rings is 2. The second-order valence-corrected chi connectivity index (χ2v) is 9.10. The molecular formula is C25H26N4O5S. The van der Waals surface area contributed by atoms with Gasteiger partial charge in [0.2, 0.25) is 0 Å². The van der Waals surface area contributed by atoms with E-state index in [2.05, 4.69) is 0 Å². The van der Waals surface area contributed by atoms with Crippen molar-refractivity contribution >= 4 is 28.6 Å². The molecule has 182 valence electrons. The Morgan fingerprint density at radius 1 is 1.17 bits per heavy atom. The van der Waals surface area contributed by atoms with E-state index < -0.39 is 4.92 Å². The van der Waals surface area contributed by atoms with Crippen LogP contribution in [0.1, 0.15) is 28.5 Å². The quantitative estimate of drug-likeness (QED) is 0.321. The van der Waals surface area contributed by atoms with Crippen LogP contribution in [0.2, 0.25) is 0 Å². The maximum absolute atomic E-state index is 13.4. The number of carbonyl (C=O) groups excluding carboxylic acids is 1. The second-order valence-electron chi connectivity index (χ2n) is 8.15. The summed E-state index contributed by atoms with van der Waals surface area (Å²) >= 11 is 1.58. The van der Waals surface area contributed by atoms with Gasteiger partial charge in [-0.05, 0) is 36.2 Å². The SMILES string of the molecule is COc1ccc(C2CC(c3cccs3)=NN2C(=O)CN(C)Cc2ccccc2[N+](=O)[O-])cc1OC. The molecule has 2 aromatic carbocycles. The van der Waals surface area contributed by atoms with Crippen molar-refractivity contribution in [3.8, 4) is 11.5 Å². The standard InChI is InChI=1S/C25H26N4O5S/c1-27(15-18-7-4-5-8-20(18)29(31)32)16-25(30)28-21(14-19(26-28)24-9-6-12-35-24)17-10-11-22(33-2)23(13-17)34-3/h4-13,21H,14-16H2,1-3H3. The summed E-state index contributed by atoms with van der Waals surface area (Å²) in [4.78, 5) is 27.2. The van der Waals surface area contributed by atoms with Gasteiger partial charge in [0.15, 0.2) is 11.5 Å². The van der Waals surface area contributed by atoms with Gasteiger partial charge in [-0.3, -0.25) is 19.8 Å². The zero-order chi connectivity index (χ0) is 24.9. The van der Waals surface area contributed by atoms with Crippen LogP contribution >= 0.6 is 11.3 Å². The lowest BCUT2D eigenvalue weighted by molar-refractivity contribution is -0.385. The highest BCUT2D eigenvalue weighted by Crippen LogP contribution is 2.38. The summed E-state index contributed by atoms with van der Waals surface area (Å²) in [5.74, 6) is 0.989. The number of ether oxygens (including phenoxy) is 2. The summed E-state index contributed by atoms with van der Waals surface area (Å²) in [6.45, 7) is 0.316. The number of carbonyl (C=O) groups is 1. The van der Waals surface area contributed by atoms with E-state index in [0.29, 0.717) is 23.5 Å². The number of nitrogens with zero attached hydrogens (tertiary/aromatic N) is 4. The van der Waals surface area contributed by atoms with Crippen molar-refractivity contribution in [1.82, 2.24) is 9.91 Å². The Bertz CT molecular complexity index is 1240. The second kappa shape index (κ2) is 10.7. The van der Waals surface area contributed by atoms with E-state index in [1.54, 1.807) is 55.7 Å². The number of para-hydroxylation sites is 1. The molecule has 0 aliphatic carbocycles. The van der Waals surface area contributed by atoms with Crippen LogP contribution < -0.4 is 9.47 Å². The molecule has 1 amide bonds. The van der Waals surface area contributed by atoms with E-state index in [-0.39, 0.29) is 30.7 Å². The van der Waals surface area contributed by atoms with Crippen LogP contribution in [-0.4, -0.2) is 54.3 Å². The lowest BCUT2D eigenvalue weighted by Crippen LogP contribution is -2.36. The van der Waals surface area contributed by atoms with Crippen LogP contribution in [0.15, 0.2) is 65.1 Å². The zero-order valence-corrected chi connectivity index (χ0v) is 20.5. The highest BCUT2D eigenvalue weighted by molar-refractivity contribution is 7.12. The van der Waals surface area contributed by atoms with Crippen molar-refractivity contribution in [2.45, 2.75) is 19.0 Å². The fourth-order valence-electron chi connectivity index (χ4n) is 4.12. The number of rotatable bonds is 9. The number of thiophene rings is 1. The van der Waals surface area contributed by atoms with Crippen molar-refractivity contribution in [1.29, 1.82) is 0 Å². The highest BCUT2D eigenvalue weighted by atomic mass is 32.1. The smallest absolute Gasteiger partial charge is 0.273 e. The Morgan fingerprint density at radius 3 is 2.63 bits per heavy atom. The summed E-state index contributed by atoms with van der Waals surface area (Å²) in [5.41, 5.74) is 2.31. The average molecular weight is 495 g/mol. The largest absolute Gasteiger partial charge is 0.493 e. The number of likely N-dealkylation sites (N-methyl/N-ethyl adjacent to an activating group) is 1. The molecule has 4 rings (SSSR count). The molecule has 2 heterocycles. The Labute approximate surface area is 207 Å². The Morgan fingerprint density at radius 2 is 1.94 bits per heavy atom. The molecule has 0 bridgehead atoms. The van der Waals surface area contributed by atoms with E-state index in [1.165, 1.54) is 11.1 Å². The Kier molecular flexibility index (Phi) is 7.42. The maximum atomic E-state index is 13.4. The first kappa shape index (κ1) is 24.4. The third kappa shape index (κ3) is 5.33. The fourth-order valence-corrected chi connectivity index (χ4v) is 4.85. The van der Waals surface area contributed by atoms with Gasteiger partial charge in [0.1, 0.15) is 0 Å². The minimum atomic E-state index is -0.407. The van der Waals surface area contributed by atoms with Gasteiger partial charge in [0, 0.05) is 24.6 Å². The third-order valence-electron chi connectivity index (χ3n) is 5.80. The monoisotopic (exact) mass is 494 g/mol. The number of hydrazone groups is 1. The average Bonchev–Trinajstić information content (AvgIpc) is 3.54. The normalized spacial score (nSPS) is 15.3. The molecule has 0 saturated carbocycles. The molecule has 10 heteroatoms. The lowest BCUT2D eigenvalue weighted by Gasteiger charge is -2.25. The summed E-state index contributed by atoms with van der Waals surface area (Å²) in [5, 5.41) is 19.6. The van der Waals surface area contributed by atoms with Gasteiger partial charge in [-0.2, -0.15) is 5.10 Å². The van der Waals surface area contributed by atoms with Crippen molar-refractivity contribution < 1.29 is 19.2 Å². The molecule has 1 aliphatic heterocycles. The van der Waals surface area contributed by atoms with Gasteiger partial charge >= 0.3 is 0 Å². The molecule has 1 aliphatic rings. The van der Waals surface area contributed by atoms with Gasteiger partial charge in [-0.25, -0.2) is 5.01 Å². The molecular weight excluding hydrogens is 468 g/mol. The van der Waals surface area contributed by atoms with Gasteiger partial charge < -0.3 is 9.47 Å². The number of amides is 1. The first-order valence-corrected chi connectivity index (χ1v) is 11.9. The summed E-state index contributed by atoms with van der Waals surface area (Å²) in [6, 6.07) is 15.8. The number of hydrogen-bond donors (Lipinski definition) is 0. The maximum Gasteiger partial charge on any atom is 0.273 e. The van der Waals surface area contributed by atoms with Crippen LogP contribution in [0.5, 0.6) is 11.5 Å². The molecule has 0 radical (unpaired) electrons. The first-order chi connectivity index (χ1) is 16.9. The van der Waals surface area contributed by atoms with Crippen LogP contribution in [0.25, 0.3) is 0 Å². The number of hydrogen-bond acceptors (Lipinski definition) is 8. The van der Waals surface area contributed by atoms with Gasteiger partial charge in [0.05, 0.1) is 42.3 Å². The molecule has 0 saturated heterocycles. The number of nitro benzene ring substituents is 1. The van der Waals surface area contributed by atoms with Crippen molar-refractivity contribution in [3.63, 3.8) is 0 Å². The highest BCUT2D eigenvalue weighted by Gasteiger charge is 2.34. The molecule has 1 unspecified atom stereocenters. The van der Waals surface area contributed by atoms with Crippen molar-refractivity contribution in [3.05, 3.63) is 86.1 Å². The van der Waals surface area contributed by atoms with E-state index >= 15 is 0 Å². The van der Waals surface area contributed by atoms with Gasteiger partial charge in [-0.15, -0.1) is 11.3 Å². The minimum absolute atomic E-state index is 0.0363. The van der Waals surface area contributed by atoms with E-state index in [0.717, 1.165) is 16.2 Å². The molecule has 3 aromatic rings. The number of nitro groups is 1. The molecule has 0 N–H and O–H groups in total. The third-order valence-corrected chi connectivity index (χ3v) is 6.72. The van der Waals surface area contributed by atoms with Crippen LogP contribution in [-0.2, 0) is 11.3 Å². The van der Waals surface area contributed by atoms with E-state index in [4.69, 9.17) is 14.6 Å². The van der Waals surface area contributed by atoms with E-state index in [9.17, 15) is 14.9 Å². The molecule has 0 fully saturated rings. The zero-order valence-electron chi connectivity index (χ0n) is 19.7. The van der Waals surface area contributed by atoms with Gasteiger partial charge in [0.25, 0.3) is 11.6 Å². The summed E-state index contributed by atoms with van der Waals surface area (Å²) < 4.78 is 10.8.